The first-order valence-electron chi connectivity index (χ1n) is 5.19. The summed E-state index contributed by atoms with van der Waals surface area (Å²) in [6.45, 7) is 1.92. The molecule has 4 heteroatoms. The molecule has 17 heavy (non-hydrogen) atoms. The number of nitrogens with zero attached hydrogens (tertiary/aromatic N) is 1. The fraction of sp³-hybridized carbons (Fsp3) is 0.154. The van der Waals surface area contributed by atoms with E-state index in [0.29, 0.717) is 22.9 Å². The average molecular weight is 229 g/mol. The second kappa shape index (κ2) is 4.74. The molecule has 87 valence electrons. The van der Waals surface area contributed by atoms with Crippen LogP contribution in [0.15, 0.2) is 36.5 Å². The monoisotopic (exact) mass is 229 g/mol. The standard InChI is InChI=1S/C13H13N2O2/c1-9-3-4-11(8-15-9)17-10-5-6-12(14)13(7-10)16-2/h3-8,14H,1-2H3. The minimum absolute atomic E-state index is 0.335. The van der Waals surface area contributed by atoms with Crippen molar-refractivity contribution in [1.82, 2.24) is 10.7 Å². The van der Waals surface area contributed by atoms with Gasteiger partial charge in [-0.1, -0.05) is 0 Å². The second-order valence-electron chi connectivity index (χ2n) is 3.60. The molecule has 0 atom stereocenters. The van der Waals surface area contributed by atoms with Crippen LogP contribution in [-0.2, 0) is 0 Å². The van der Waals surface area contributed by atoms with Crippen molar-refractivity contribution in [2.24, 2.45) is 0 Å². The summed E-state index contributed by atoms with van der Waals surface area (Å²) in [5.74, 6) is 1.78. The number of rotatable bonds is 3. The highest BCUT2D eigenvalue weighted by Gasteiger charge is 2.03. The fourth-order valence-electron chi connectivity index (χ4n) is 1.39. The zero-order valence-electron chi connectivity index (χ0n) is 9.73. The third-order valence-electron chi connectivity index (χ3n) is 2.29. The van der Waals surface area contributed by atoms with Crippen molar-refractivity contribution in [2.75, 3.05) is 7.11 Å². The maximum Gasteiger partial charge on any atom is 0.147 e. The van der Waals surface area contributed by atoms with Crippen molar-refractivity contribution in [3.63, 3.8) is 0 Å². The topological polar surface area (TPSA) is 55.2 Å². The molecule has 0 aliphatic heterocycles. The quantitative estimate of drug-likeness (QED) is 0.812. The minimum atomic E-state index is 0.335. The van der Waals surface area contributed by atoms with E-state index in [9.17, 15) is 0 Å². The molecule has 4 nitrogen and oxygen atoms in total. The van der Waals surface area contributed by atoms with Crippen LogP contribution in [0.2, 0.25) is 0 Å². The third kappa shape index (κ3) is 2.66. The van der Waals surface area contributed by atoms with Crippen molar-refractivity contribution in [3.8, 4) is 17.2 Å². The van der Waals surface area contributed by atoms with Crippen LogP contribution in [-0.4, -0.2) is 12.1 Å². The van der Waals surface area contributed by atoms with E-state index in [1.165, 1.54) is 7.11 Å². The molecule has 1 aromatic carbocycles. The molecular formula is C13H13N2O2. The van der Waals surface area contributed by atoms with E-state index >= 15 is 0 Å². The van der Waals surface area contributed by atoms with Crippen LogP contribution >= 0.6 is 0 Å². The average Bonchev–Trinajstić information content (AvgIpc) is 2.34. The normalized spacial score (nSPS) is 10.0. The third-order valence-corrected chi connectivity index (χ3v) is 2.29. The molecule has 0 fully saturated rings. The second-order valence-corrected chi connectivity index (χ2v) is 3.60. The van der Waals surface area contributed by atoms with E-state index in [1.54, 1.807) is 24.4 Å². The lowest BCUT2D eigenvalue weighted by Crippen LogP contribution is -1.89. The number of hydrogen-bond donors (Lipinski definition) is 0. The Bertz CT molecular complexity index is 509. The van der Waals surface area contributed by atoms with E-state index in [-0.39, 0.29) is 0 Å². The molecular weight excluding hydrogens is 216 g/mol. The highest BCUT2D eigenvalue weighted by atomic mass is 16.5. The van der Waals surface area contributed by atoms with Gasteiger partial charge in [-0.05, 0) is 31.2 Å². The zero-order chi connectivity index (χ0) is 12.3. The predicted octanol–water partition coefficient (Wildman–Crippen LogP) is 3.11. The summed E-state index contributed by atoms with van der Waals surface area (Å²) >= 11 is 0. The van der Waals surface area contributed by atoms with Crippen LogP contribution in [0, 0.1) is 6.92 Å². The molecule has 0 aliphatic carbocycles. The molecule has 1 N–H and O–H groups in total. The summed E-state index contributed by atoms with van der Waals surface area (Å²) in [5.41, 5.74) is 8.86. The number of benzene rings is 1. The highest BCUT2D eigenvalue weighted by molar-refractivity contribution is 5.53. The molecule has 0 amide bonds. The molecule has 1 heterocycles. The molecule has 0 spiro atoms. The van der Waals surface area contributed by atoms with E-state index < -0.39 is 0 Å². The SMILES string of the molecule is COc1cc(Oc2ccc(C)nc2)ccc1[NH]. The van der Waals surface area contributed by atoms with E-state index in [0.717, 1.165) is 5.69 Å². The van der Waals surface area contributed by atoms with Gasteiger partial charge >= 0.3 is 0 Å². The summed E-state index contributed by atoms with van der Waals surface area (Å²) < 4.78 is 10.7. The van der Waals surface area contributed by atoms with Gasteiger partial charge in [0.1, 0.15) is 17.2 Å². The zero-order valence-corrected chi connectivity index (χ0v) is 9.73. The Kier molecular flexibility index (Phi) is 3.14. The molecule has 1 radical (unpaired) electrons. The summed E-state index contributed by atoms with van der Waals surface area (Å²) in [4.78, 5) is 4.14. The van der Waals surface area contributed by atoms with Gasteiger partial charge in [0.15, 0.2) is 0 Å². The van der Waals surface area contributed by atoms with Gasteiger partial charge < -0.3 is 9.47 Å². The Balaban J connectivity index is 2.21. The number of pyridine rings is 1. The predicted molar refractivity (Wildman–Crippen MR) is 64.8 cm³/mol. The van der Waals surface area contributed by atoms with Gasteiger partial charge in [0.2, 0.25) is 0 Å². The van der Waals surface area contributed by atoms with Gasteiger partial charge in [0.25, 0.3) is 0 Å². The molecule has 0 bridgehead atoms. The first kappa shape index (κ1) is 11.3. The van der Waals surface area contributed by atoms with Gasteiger partial charge in [0.05, 0.1) is 19.0 Å². The van der Waals surface area contributed by atoms with Crippen LogP contribution < -0.4 is 15.2 Å². The van der Waals surface area contributed by atoms with Gasteiger partial charge in [-0.25, -0.2) is 0 Å². The Hall–Kier alpha value is -2.23. The number of methoxy groups -OCH3 is 1. The molecule has 0 saturated carbocycles. The number of aromatic nitrogens is 1. The lowest BCUT2D eigenvalue weighted by molar-refractivity contribution is 0.410. The fourth-order valence-corrected chi connectivity index (χ4v) is 1.39. The number of ether oxygens (including phenoxy) is 2. The maximum absolute atomic E-state index is 7.58. The van der Waals surface area contributed by atoms with E-state index in [4.69, 9.17) is 15.2 Å². The van der Waals surface area contributed by atoms with Crippen LogP contribution in [0.1, 0.15) is 5.69 Å². The Labute approximate surface area is 100 Å². The highest BCUT2D eigenvalue weighted by Crippen LogP contribution is 2.30. The van der Waals surface area contributed by atoms with Crippen LogP contribution in [0.5, 0.6) is 17.2 Å². The van der Waals surface area contributed by atoms with Crippen LogP contribution in [0.4, 0.5) is 5.69 Å². The van der Waals surface area contributed by atoms with Crippen LogP contribution in [0.25, 0.3) is 0 Å². The lowest BCUT2D eigenvalue weighted by atomic mass is 10.3. The molecule has 0 unspecified atom stereocenters. The van der Waals surface area contributed by atoms with Crippen molar-refractivity contribution >= 4 is 5.69 Å². The minimum Gasteiger partial charge on any atom is -0.494 e. The van der Waals surface area contributed by atoms with Gasteiger partial charge in [-0.2, -0.15) is 0 Å². The Morgan fingerprint density at radius 3 is 2.53 bits per heavy atom. The largest absolute Gasteiger partial charge is 0.494 e. The van der Waals surface area contributed by atoms with Crippen LogP contribution in [0.3, 0.4) is 0 Å². The molecule has 0 saturated heterocycles. The Morgan fingerprint density at radius 1 is 1.12 bits per heavy atom. The summed E-state index contributed by atoms with van der Waals surface area (Å²) in [6, 6.07) is 8.78. The number of nitrogens with one attached hydrogen (secondary N) is 1. The molecule has 0 aliphatic rings. The van der Waals surface area contributed by atoms with Crippen molar-refractivity contribution < 1.29 is 9.47 Å². The Morgan fingerprint density at radius 2 is 1.88 bits per heavy atom. The first-order valence-corrected chi connectivity index (χ1v) is 5.19. The van der Waals surface area contributed by atoms with E-state index in [1.807, 2.05) is 19.1 Å². The molecule has 2 aromatic rings. The van der Waals surface area contributed by atoms with Gasteiger partial charge in [0, 0.05) is 11.8 Å². The number of hydrogen-bond acceptors (Lipinski definition) is 3. The molecule has 1 aromatic heterocycles. The summed E-state index contributed by atoms with van der Waals surface area (Å²) in [5, 5.41) is 0. The summed E-state index contributed by atoms with van der Waals surface area (Å²) in [6.07, 6.45) is 1.66. The lowest BCUT2D eigenvalue weighted by Gasteiger charge is -2.08. The van der Waals surface area contributed by atoms with Crippen molar-refractivity contribution in [1.29, 1.82) is 0 Å². The van der Waals surface area contributed by atoms with Crippen molar-refractivity contribution in [2.45, 2.75) is 6.92 Å². The maximum atomic E-state index is 7.58. The number of aryl methyl sites for hydroxylation is 1. The summed E-state index contributed by atoms with van der Waals surface area (Å²) in [7, 11) is 1.53. The van der Waals surface area contributed by atoms with Gasteiger partial charge in [-0.15, -0.1) is 0 Å². The smallest absolute Gasteiger partial charge is 0.147 e. The van der Waals surface area contributed by atoms with E-state index in [2.05, 4.69) is 4.98 Å². The van der Waals surface area contributed by atoms with Crippen molar-refractivity contribution in [3.05, 3.63) is 42.2 Å². The van der Waals surface area contributed by atoms with Gasteiger partial charge in [-0.3, -0.25) is 10.7 Å². The molecule has 2 rings (SSSR count). The first-order chi connectivity index (χ1) is 8.19.